The molecule has 0 aliphatic rings. The van der Waals surface area contributed by atoms with Crippen LogP contribution in [-0.4, -0.2) is 26.2 Å². The summed E-state index contributed by atoms with van der Waals surface area (Å²) in [7, 11) is 2.64. The van der Waals surface area contributed by atoms with Crippen molar-refractivity contribution in [3.63, 3.8) is 0 Å². The summed E-state index contributed by atoms with van der Waals surface area (Å²) in [6.45, 7) is 2.21. The molecular formula is C19H28O4. The topological polar surface area (TPSA) is 52.6 Å². The van der Waals surface area contributed by atoms with Gasteiger partial charge in [0.15, 0.2) is 0 Å². The van der Waals surface area contributed by atoms with Crippen LogP contribution in [0.5, 0.6) is 0 Å². The molecule has 0 bridgehead atoms. The Morgan fingerprint density at radius 1 is 0.870 bits per heavy atom. The van der Waals surface area contributed by atoms with Gasteiger partial charge in [-0.1, -0.05) is 57.6 Å². The van der Waals surface area contributed by atoms with Crippen LogP contribution in [0, 0.1) is 0 Å². The summed E-state index contributed by atoms with van der Waals surface area (Å²) >= 11 is 0. The zero-order valence-electron chi connectivity index (χ0n) is 14.5. The molecule has 0 aliphatic heterocycles. The molecule has 0 saturated heterocycles. The number of ether oxygens (including phenoxy) is 2. The number of hydrogen-bond acceptors (Lipinski definition) is 4. The Morgan fingerprint density at radius 2 is 1.48 bits per heavy atom. The first-order valence-corrected chi connectivity index (χ1v) is 8.44. The highest BCUT2D eigenvalue weighted by molar-refractivity contribution is 6.04. The number of benzene rings is 1. The SMILES string of the molecule is CCCCCCCCCc1cccc(C(=O)OC)c1C(=O)OC. The van der Waals surface area contributed by atoms with E-state index >= 15 is 0 Å². The molecule has 0 radical (unpaired) electrons. The van der Waals surface area contributed by atoms with Crippen LogP contribution in [0.1, 0.15) is 78.1 Å². The molecule has 1 aromatic carbocycles. The lowest BCUT2D eigenvalue weighted by atomic mass is 9.96. The summed E-state index contributed by atoms with van der Waals surface area (Å²) in [5.41, 5.74) is 1.47. The molecule has 0 aliphatic carbocycles. The summed E-state index contributed by atoms with van der Waals surface area (Å²) in [5.74, 6) is -0.990. The van der Waals surface area contributed by atoms with Gasteiger partial charge in [-0.3, -0.25) is 0 Å². The van der Waals surface area contributed by atoms with Gasteiger partial charge in [0.2, 0.25) is 0 Å². The summed E-state index contributed by atoms with van der Waals surface area (Å²) in [4.78, 5) is 23.9. The van der Waals surface area contributed by atoms with Gasteiger partial charge in [0.1, 0.15) is 0 Å². The highest BCUT2D eigenvalue weighted by atomic mass is 16.5. The van der Waals surface area contributed by atoms with Crippen LogP contribution in [0.4, 0.5) is 0 Å². The van der Waals surface area contributed by atoms with Gasteiger partial charge in [-0.15, -0.1) is 0 Å². The van der Waals surface area contributed by atoms with Crippen LogP contribution in [-0.2, 0) is 15.9 Å². The number of carbonyl (C=O) groups is 2. The number of methoxy groups -OCH3 is 2. The van der Waals surface area contributed by atoms with Crippen LogP contribution in [0.2, 0.25) is 0 Å². The number of unbranched alkanes of at least 4 members (excludes halogenated alkanes) is 6. The van der Waals surface area contributed by atoms with E-state index in [1.807, 2.05) is 6.07 Å². The smallest absolute Gasteiger partial charge is 0.339 e. The summed E-state index contributed by atoms with van der Waals surface area (Å²) < 4.78 is 9.60. The van der Waals surface area contributed by atoms with Crippen LogP contribution in [0.3, 0.4) is 0 Å². The van der Waals surface area contributed by atoms with E-state index in [9.17, 15) is 9.59 Å². The van der Waals surface area contributed by atoms with E-state index in [1.165, 1.54) is 46.3 Å². The van der Waals surface area contributed by atoms with E-state index in [4.69, 9.17) is 9.47 Å². The molecule has 1 aromatic rings. The summed E-state index contributed by atoms with van der Waals surface area (Å²) in [5, 5.41) is 0. The fraction of sp³-hybridized carbons (Fsp3) is 0.579. The van der Waals surface area contributed by atoms with E-state index in [1.54, 1.807) is 12.1 Å². The monoisotopic (exact) mass is 320 g/mol. The third-order valence-corrected chi connectivity index (χ3v) is 4.00. The quantitative estimate of drug-likeness (QED) is 0.469. The summed E-state index contributed by atoms with van der Waals surface area (Å²) in [6, 6.07) is 5.28. The maximum absolute atomic E-state index is 12.1. The van der Waals surface area contributed by atoms with Crippen molar-refractivity contribution >= 4 is 11.9 Å². The second-order valence-electron chi connectivity index (χ2n) is 5.69. The summed E-state index contributed by atoms with van der Waals surface area (Å²) in [6.07, 6.45) is 9.22. The zero-order valence-corrected chi connectivity index (χ0v) is 14.5. The molecule has 1 rings (SSSR count). The van der Waals surface area contributed by atoms with Crippen LogP contribution < -0.4 is 0 Å². The van der Waals surface area contributed by atoms with Gasteiger partial charge in [-0.2, -0.15) is 0 Å². The molecule has 0 amide bonds. The Kier molecular flexibility index (Phi) is 9.03. The van der Waals surface area contributed by atoms with Crippen molar-refractivity contribution in [3.05, 3.63) is 34.9 Å². The fourth-order valence-corrected chi connectivity index (χ4v) is 2.70. The first kappa shape index (κ1) is 19.2. The van der Waals surface area contributed by atoms with Gasteiger partial charge in [0.25, 0.3) is 0 Å². The fourth-order valence-electron chi connectivity index (χ4n) is 2.70. The second-order valence-corrected chi connectivity index (χ2v) is 5.69. The predicted octanol–water partition coefficient (Wildman–Crippen LogP) is 4.55. The van der Waals surface area contributed by atoms with E-state index in [2.05, 4.69) is 6.92 Å². The molecule has 128 valence electrons. The Labute approximate surface area is 139 Å². The molecule has 4 heteroatoms. The van der Waals surface area contributed by atoms with Gasteiger partial charge in [-0.25, -0.2) is 9.59 Å². The average Bonchev–Trinajstić information content (AvgIpc) is 2.59. The minimum atomic E-state index is -0.508. The number of aryl methyl sites for hydroxylation is 1. The Morgan fingerprint density at radius 3 is 2.09 bits per heavy atom. The van der Waals surface area contributed by atoms with Crippen molar-refractivity contribution < 1.29 is 19.1 Å². The molecule has 0 aromatic heterocycles. The van der Waals surface area contributed by atoms with E-state index in [0.29, 0.717) is 5.56 Å². The number of esters is 2. The van der Waals surface area contributed by atoms with Crippen molar-refractivity contribution in [2.45, 2.75) is 58.3 Å². The van der Waals surface area contributed by atoms with E-state index < -0.39 is 11.9 Å². The van der Waals surface area contributed by atoms with E-state index in [0.717, 1.165) is 24.8 Å². The predicted molar refractivity (Wildman–Crippen MR) is 90.8 cm³/mol. The lowest BCUT2D eigenvalue weighted by Gasteiger charge is -2.12. The zero-order chi connectivity index (χ0) is 17.1. The molecular weight excluding hydrogens is 292 g/mol. The third-order valence-electron chi connectivity index (χ3n) is 4.00. The second kappa shape index (κ2) is 10.8. The van der Waals surface area contributed by atoms with Crippen molar-refractivity contribution in [2.75, 3.05) is 14.2 Å². The van der Waals surface area contributed by atoms with Crippen LogP contribution in [0.15, 0.2) is 18.2 Å². The van der Waals surface area contributed by atoms with Gasteiger partial charge >= 0.3 is 11.9 Å². The molecule has 0 saturated carbocycles. The van der Waals surface area contributed by atoms with Gasteiger partial charge in [-0.05, 0) is 24.5 Å². The van der Waals surface area contributed by atoms with Crippen molar-refractivity contribution in [2.24, 2.45) is 0 Å². The first-order chi connectivity index (χ1) is 11.2. The Hall–Kier alpha value is -1.84. The molecule has 0 spiro atoms. The Balaban J connectivity index is 2.70. The van der Waals surface area contributed by atoms with Crippen molar-refractivity contribution in [3.8, 4) is 0 Å². The molecule has 0 atom stereocenters. The van der Waals surface area contributed by atoms with E-state index in [-0.39, 0.29) is 5.56 Å². The normalized spacial score (nSPS) is 10.4. The molecule has 0 unspecified atom stereocenters. The highest BCUT2D eigenvalue weighted by Crippen LogP contribution is 2.20. The standard InChI is InChI=1S/C19H28O4/c1-4-5-6-7-8-9-10-12-15-13-11-14-16(18(20)22-2)17(15)19(21)23-3/h11,13-14H,4-10,12H2,1-3H3. The van der Waals surface area contributed by atoms with Gasteiger partial charge < -0.3 is 9.47 Å². The molecule has 4 nitrogen and oxygen atoms in total. The number of hydrogen-bond donors (Lipinski definition) is 0. The molecule has 0 N–H and O–H groups in total. The maximum atomic E-state index is 12.1. The molecule has 23 heavy (non-hydrogen) atoms. The average molecular weight is 320 g/mol. The van der Waals surface area contributed by atoms with Gasteiger partial charge in [0, 0.05) is 0 Å². The Bertz CT molecular complexity index is 508. The van der Waals surface area contributed by atoms with Crippen molar-refractivity contribution in [1.29, 1.82) is 0 Å². The van der Waals surface area contributed by atoms with Crippen molar-refractivity contribution in [1.82, 2.24) is 0 Å². The number of carbonyl (C=O) groups excluding carboxylic acids is 2. The van der Waals surface area contributed by atoms with Crippen LogP contribution >= 0.6 is 0 Å². The maximum Gasteiger partial charge on any atom is 0.339 e. The molecule has 0 heterocycles. The minimum Gasteiger partial charge on any atom is -0.465 e. The highest BCUT2D eigenvalue weighted by Gasteiger charge is 2.21. The lowest BCUT2D eigenvalue weighted by Crippen LogP contribution is -2.14. The van der Waals surface area contributed by atoms with Gasteiger partial charge in [0.05, 0.1) is 25.3 Å². The minimum absolute atomic E-state index is 0.278. The molecule has 0 fully saturated rings. The third kappa shape index (κ3) is 6.05. The van der Waals surface area contributed by atoms with Crippen LogP contribution in [0.25, 0.3) is 0 Å². The largest absolute Gasteiger partial charge is 0.465 e. The first-order valence-electron chi connectivity index (χ1n) is 8.44. The number of rotatable bonds is 10. The lowest BCUT2D eigenvalue weighted by molar-refractivity contribution is 0.0554.